The van der Waals surface area contributed by atoms with Gasteiger partial charge in [0.2, 0.25) is 5.76 Å². The second-order valence-corrected chi connectivity index (χ2v) is 4.47. The van der Waals surface area contributed by atoms with Gasteiger partial charge < -0.3 is 19.6 Å². The first-order chi connectivity index (χ1) is 9.61. The Morgan fingerprint density at radius 3 is 2.80 bits per heavy atom. The molecule has 5 nitrogen and oxygen atoms in total. The van der Waals surface area contributed by atoms with Crippen LogP contribution in [0.3, 0.4) is 0 Å². The van der Waals surface area contributed by atoms with Crippen LogP contribution in [-0.2, 0) is 17.9 Å². The predicted octanol–water partition coefficient (Wildman–Crippen LogP) is 3.04. The number of anilines is 1. The van der Waals surface area contributed by atoms with Crippen LogP contribution in [0, 0.1) is 6.92 Å². The molecule has 2 N–H and O–H groups in total. The fourth-order valence-electron chi connectivity index (χ4n) is 2.00. The third kappa shape index (κ3) is 3.19. The monoisotopic (exact) mass is 275 g/mol. The van der Waals surface area contributed by atoms with E-state index in [0.717, 1.165) is 11.3 Å². The van der Waals surface area contributed by atoms with Crippen molar-refractivity contribution in [2.75, 3.05) is 12.4 Å². The van der Waals surface area contributed by atoms with Crippen molar-refractivity contribution >= 4 is 11.7 Å². The number of aromatic carboxylic acids is 1. The van der Waals surface area contributed by atoms with E-state index in [0.29, 0.717) is 24.5 Å². The molecule has 0 atom stereocenters. The number of ether oxygens (including phenoxy) is 1. The third-order valence-corrected chi connectivity index (χ3v) is 2.93. The van der Waals surface area contributed by atoms with Crippen LogP contribution < -0.4 is 5.32 Å². The van der Waals surface area contributed by atoms with Crippen molar-refractivity contribution < 1.29 is 19.1 Å². The van der Waals surface area contributed by atoms with Gasteiger partial charge in [-0.25, -0.2) is 4.79 Å². The lowest BCUT2D eigenvalue weighted by atomic mass is 10.2. The number of carbonyl (C=O) groups is 1. The van der Waals surface area contributed by atoms with Crippen LogP contribution in [0.25, 0.3) is 0 Å². The van der Waals surface area contributed by atoms with Gasteiger partial charge >= 0.3 is 5.97 Å². The molecule has 0 aliphatic rings. The van der Waals surface area contributed by atoms with E-state index in [2.05, 4.69) is 5.32 Å². The highest BCUT2D eigenvalue weighted by molar-refractivity contribution is 5.86. The highest BCUT2D eigenvalue weighted by atomic mass is 16.5. The number of nitrogens with one attached hydrogen (secondary N) is 1. The van der Waals surface area contributed by atoms with E-state index in [1.165, 1.54) is 0 Å². The molecule has 106 valence electrons. The van der Waals surface area contributed by atoms with Crippen molar-refractivity contribution in [1.82, 2.24) is 0 Å². The fraction of sp³-hybridized carbons (Fsp3) is 0.267. The first kappa shape index (κ1) is 14.1. The Morgan fingerprint density at radius 2 is 2.15 bits per heavy atom. The normalized spacial score (nSPS) is 10.5. The third-order valence-electron chi connectivity index (χ3n) is 2.93. The summed E-state index contributed by atoms with van der Waals surface area (Å²) in [7, 11) is 1.64. The minimum absolute atomic E-state index is 0.00743. The Morgan fingerprint density at radius 1 is 1.40 bits per heavy atom. The maximum Gasteiger partial charge on any atom is 0.372 e. The Balaban J connectivity index is 2.09. The summed E-state index contributed by atoms with van der Waals surface area (Å²) in [4.78, 5) is 10.9. The summed E-state index contributed by atoms with van der Waals surface area (Å²) in [6.07, 6.45) is 0. The Bertz CT molecular complexity index is 604. The second-order valence-electron chi connectivity index (χ2n) is 4.47. The molecule has 1 aromatic heterocycles. The van der Waals surface area contributed by atoms with Crippen molar-refractivity contribution in [3.63, 3.8) is 0 Å². The number of para-hydroxylation sites is 1. The van der Waals surface area contributed by atoms with Gasteiger partial charge in [-0.2, -0.15) is 0 Å². The summed E-state index contributed by atoms with van der Waals surface area (Å²) in [5.41, 5.74) is 2.61. The number of carboxylic acid groups (broad SMARTS) is 1. The molecule has 0 saturated heterocycles. The second kappa shape index (κ2) is 6.25. The van der Waals surface area contributed by atoms with E-state index in [-0.39, 0.29) is 5.76 Å². The van der Waals surface area contributed by atoms with Gasteiger partial charge in [-0.1, -0.05) is 18.2 Å². The quantitative estimate of drug-likeness (QED) is 0.847. The lowest BCUT2D eigenvalue weighted by molar-refractivity contribution is 0.0659. The smallest absolute Gasteiger partial charge is 0.372 e. The summed E-state index contributed by atoms with van der Waals surface area (Å²) >= 11 is 0. The van der Waals surface area contributed by atoms with Crippen LogP contribution >= 0.6 is 0 Å². The maximum absolute atomic E-state index is 10.9. The lowest BCUT2D eigenvalue weighted by Crippen LogP contribution is -2.02. The van der Waals surface area contributed by atoms with E-state index in [1.54, 1.807) is 20.1 Å². The number of methoxy groups -OCH3 is 1. The van der Waals surface area contributed by atoms with Crippen LogP contribution in [-0.4, -0.2) is 18.2 Å². The molecular weight excluding hydrogens is 258 g/mol. The van der Waals surface area contributed by atoms with Gasteiger partial charge in [0, 0.05) is 23.9 Å². The zero-order valence-electron chi connectivity index (χ0n) is 11.5. The summed E-state index contributed by atoms with van der Waals surface area (Å²) in [5, 5.41) is 12.2. The van der Waals surface area contributed by atoms with Crippen molar-refractivity contribution in [3.05, 3.63) is 53.0 Å². The SMILES string of the molecule is COCc1ccccc1NCc1cc(C)c(C(=O)O)o1. The molecule has 1 heterocycles. The molecule has 5 heteroatoms. The molecule has 2 rings (SSSR count). The minimum atomic E-state index is -1.05. The number of furan rings is 1. The topological polar surface area (TPSA) is 71.7 Å². The molecule has 2 aromatic rings. The van der Waals surface area contributed by atoms with Crippen molar-refractivity contribution in [1.29, 1.82) is 0 Å². The van der Waals surface area contributed by atoms with E-state index in [9.17, 15) is 4.79 Å². The molecule has 0 radical (unpaired) electrons. The Hall–Kier alpha value is -2.27. The van der Waals surface area contributed by atoms with Gasteiger partial charge in [0.15, 0.2) is 0 Å². The summed E-state index contributed by atoms with van der Waals surface area (Å²) in [6, 6.07) is 9.52. The van der Waals surface area contributed by atoms with Crippen LogP contribution in [0.5, 0.6) is 0 Å². The van der Waals surface area contributed by atoms with Crippen LogP contribution in [0.2, 0.25) is 0 Å². The molecule has 0 amide bonds. The van der Waals surface area contributed by atoms with E-state index in [4.69, 9.17) is 14.3 Å². The van der Waals surface area contributed by atoms with Crippen LogP contribution in [0.1, 0.15) is 27.4 Å². The Labute approximate surface area is 117 Å². The first-order valence-corrected chi connectivity index (χ1v) is 6.25. The van der Waals surface area contributed by atoms with Crippen molar-refractivity contribution in [2.45, 2.75) is 20.1 Å². The summed E-state index contributed by atoms with van der Waals surface area (Å²) < 4.78 is 10.4. The highest BCUT2D eigenvalue weighted by Gasteiger charge is 2.14. The fourth-order valence-corrected chi connectivity index (χ4v) is 2.00. The zero-order valence-corrected chi connectivity index (χ0v) is 11.5. The molecule has 0 aliphatic carbocycles. The minimum Gasteiger partial charge on any atom is -0.475 e. The maximum atomic E-state index is 10.9. The van der Waals surface area contributed by atoms with Crippen molar-refractivity contribution in [3.8, 4) is 0 Å². The van der Waals surface area contributed by atoms with Crippen molar-refractivity contribution in [2.24, 2.45) is 0 Å². The summed E-state index contributed by atoms with van der Waals surface area (Å²) in [5.74, 6) is -0.465. The standard InChI is InChI=1S/C15H17NO4/c1-10-7-12(20-14(10)15(17)18)8-16-13-6-4-3-5-11(13)9-19-2/h3-7,16H,8-9H2,1-2H3,(H,17,18). The Kier molecular flexibility index (Phi) is 4.42. The van der Waals surface area contributed by atoms with Gasteiger partial charge in [0.05, 0.1) is 13.2 Å². The number of hydrogen-bond donors (Lipinski definition) is 2. The molecule has 0 fully saturated rings. The summed E-state index contributed by atoms with van der Waals surface area (Å²) in [6.45, 7) is 2.66. The van der Waals surface area contributed by atoms with E-state index >= 15 is 0 Å². The molecular formula is C15H17NO4. The molecule has 20 heavy (non-hydrogen) atoms. The molecule has 0 bridgehead atoms. The van der Waals surface area contributed by atoms with Crippen LogP contribution in [0.15, 0.2) is 34.7 Å². The number of carboxylic acids is 1. The van der Waals surface area contributed by atoms with Gasteiger partial charge in [-0.05, 0) is 19.1 Å². The molecule has 0 spiro atoms. The molecule has 1 aromatic carbocycles. The van der Waals surface area contributed by atoms with E-state index in [1.807, 2.05) is 24.3 Å². The number of hydrogen-bond acceptors (Lipinski definition) is 4. The van der Waals surface area contributed by atoms with E-state index < -0.39 is 5.97 Å². The molecule has 0 aliphatic heterocycles. The zero-order chi connectivity index (χ0) is 14.5. The number of benzene rings is 1. The van der Waals surface area contributed by atoms with Crippen LogP contribution in [0.4, 0.5) is 5.69 Å². The number of aryl methyl sites for hydroxylation is 1. The van der Waals surface area contributed by atoms with Gasteiger partial charge in [0.1, 0.15) is 5.76 Å². The predicted molar refractivity (Wildman–Crippen MR) is 74.9 cm³/mol. The molecule has 0 saturated carbocycles. The molecule has 0 unspecified atom stereocenters. The van der Waals surface area contributed by atoms with Gasteiger partial charge in [-0.15, -0.1) is 0 Å². The van der Waals surface area contributed by atoms with Gasteiger partial charge in [-0.3, -0.25) is 0 Å². The first-order valence-electron chi connectivity index (χ1n) is 6.25. The number of rotatable bonds is 6. The lowest BCUT2D eigenvalue weighted by Gasteiger charge is -2.10. The van der Waals surface area contributed by atoms with Gasteiger partial charge in [0.25, 0.3) is 0 Å². The highest BCUT2D eigenvalue weighted by Crippen LogP contribution is 2.19. The largest absolute Gasteiger partial charge is 0.475 e. The average Bonchev–Trinajstić information content (AvgIpc) is 2.79. The average molecular weight is 275 g/mol.